The van der Waals surface area contributed by atoms with E-state index in [1.807, 2.05) is 36.8 Å². The van der Waals surface area contributed by atoms with Crippen LogP contribution in [0.2, 0.25) is 0 Å². The van der Waals surface area contributed by atoms with Crippen LogP contribution in [-0.4, -0.2) is 41.8 Å². The van der Waals surface area contributed by atoms with Crippen molar-refractivity contribution in [1.29, 1.82) is 0 Å². The number of aromatic nitrogens is 6. The number of fused-ring (bicyclic) bond motifs is 2. The fourth-order valence-electron chi connectivity index (χ4n) is 4.40. The van der Waals surface area contributed by atoms with Crippen LogP contribution in [-0.2, 0) is 6.54 Å². The van der Waals surface area contributed by atoms with Crippen LogP contribution in [0.3, 0.4) is 0 Å². The first-order valence-electron chi connectivity index (χ1n) is 11.6. The lowest BCUT2D eigenvalue weighted by molar-refractivity contribution is 0.469. The van der Waals surface area contributed by atoms with E-state index in [1.165, 1.54) is 12.1 Å². The Morgan fingerprint density at radius 3 is 2.67 bits per heavy atom. The second kappa shape index (κ2) is 8.86. The third-order valence-corrected chi connectivity index (χ3v) is 6.08. The molecule has 8 nitrogen and oxygen atoms in total. The van der Waals surface area contributed by atoms with Crippen molar-refractivity contribution in [2.45, 2.75) is 13.5 Å². The number of aromatic amines is 2. The largest absolute Gasteiger partial charge is 0.508 e. The summed E-state index contributed by atoms with van der Waals surface area (Å²) >= 11 is 0. The molecule has 1 aromatic carbocycles. The van der Waals surface area contributed by atoms with Gasteiger partial charge in [0.05, 0.1) is 11.4 Å². The van der Waals surface area contributed by atoms with Gasteiger partial charge in [-0.05, 0) is 48.5 Å². The Kier molecular flexibility index (Phi) is 5.38. The first kappa shape index (κ1) is 21.9. The van der Waals surface area contributed by atoms with Gasteiger partial charge >= 0.3 is 0 Å². The molecule has 0 unspecified atom stereocenters. The molecule has 0 spiro atoms. The van der Waals surface area contributed by atoms with Gasteiger partial charge in [-0.25, -0.2) is 9.37 Å². The van der Waals surface area contributed by atoms with Gasteiger partial charge in [-0.15, -0.1) is 0 Å². The number of nitrogens with zero attached hydrogens (tertiary/aromatic N) is 4. The molecular formula is C27H22FN7O. The molecule has 178 valence electrons. The smallest absolute Gasteiger partial charge is 0.155 e. The lowest BCUT2D eigenvalue weighted by Crippen LogP contribution is -2.11. The highest BCUT2D eigenvalue weighted by molar-refractivity contribution is 6.00. The Labute approximate surface area is 205 Å². The van der Waals surface area contributed by atoms with E-state index < -0.39 is 5.82 Å². The quantitative estimate of drug-likeness (QED) is 0.262. The van der Waals surface area contributed by atoms with Gasteiger partial charge in [0.25, 0.3) is 0 Å². The molecular weight excluding hydrogens is 457 g/mol. The summed E-state index contributed by atoms with van der Waals surface area (Å²) in [5.41, 5.74) is 7.02. The minimum absolute atomic E-state index is 0.152. The zero-order valence-corrected chi connectivity index (χ0v) is 19.4. The minimum Gasteiger partial charge on any atom is -0.508 e. The number of aromatic hydroxyl groups is 1. The number of rotatable bonds is 6. The van der Waals surface area contributed by atoms with Crippen LogP contribution in [0.5, 0.6) is 5.75 Å². The second-order valence-electron chi connectivity index (χ2n) is 8.56. The Balaban J connectivity index is 1.44. The molecule has 6 rings (SSSR count). The third-order valence-electron chi connectivity index (χ3n) is 6.08. The fourth-order valence-corrected chi connectivity index (χ4v) is 4.40. The van der Waals surface area contributed by atoms with Gasteiger partial charge in [0.1, 0.15) is 17.3 Å². The van der Waals surface area contributed by atoms with Crippen molar-refractivity contribution in [3.05, 3.63) is 78.6 Å². The van der Waals surface area contributed by atoms with E-state index in [0.29, 0.717) is 22.6 Å². The minimum atomic E-state index is -0.527. The molecule has 6 aromatic rings. The van der Waals surface area contributed by atoms with Gasteiger partial charge < -0.3 is 15.4 Å². The monoisotopic (exact) mass is 479 g/mol. The van der Waals surface area contributed by atoms with Crippen LogP contribution in [0.25, 0.3) is 55.7 Å². The first-order valence-corrected chi connectivity index (χ1v) is 11.6. The molecule has 0 aliphatic heterocycles. The SMILES string of the molecule is CCNCc1cncc(-c2cnc3[nH]nc(-c4cc5c(-c6cc(O)cc(F)c6)nccc5[nH]4)c3c2)c1. The average Bonchev–Trinajstić information content (AvgIpc) is 3.50. The van der Waals surface area contributed by atoms with Gasteiger partial charge in [0.15, 0.2) is 5.65 Å². The van der Waals surface area contributed by atoms with Crippen molar-refractivity contribution in [3.8, 4) is 39.5 Å². The highest BCUT2D eigenvalue weighted by atomic mass is 19.1. The normalized spacial score (nSPS) is 11.5. The van der Waals surface area contributed by atoms with Crippen molar-refractivity contribution in [2.24, 2.45) is 0 Å². The molecule has 0 saturated carbocycles. The molecule has 0 bridgehead atoms. The second-order valence-corrected chi connectivity index (χ2v) is 8.56. The van der Waals surface area contributed by atoms with Crippen LogP contribution >= 0.6 is 0 Å². The van der Waals surface area contributed by atoms with Crippen LogP contribution < -0.4 is 5.32 Å². The molecule has 0 atom stereocenters. The maximum Gasteiger partial charge on any atom is 0.155 e. The molecule has 9 heteroatoms. The highest BCUT2D eigenvalue weighted by Gasteiger charge is 2.16. The van der Waals surface area contributed by atoms with E-state index in [0.717, 1.165) is 57.8 Å². The maximum atomic E-state index is 14.0. The van der Waals surface area contributed by atoms with Crippen LogP contribution in [0.15, 0.2) is 67.3 Å². The lowest BCUT2D eigenvalue weighted by Gasteiger charge is -2.06. The molecule has 0 aliphatic carbocycles. The van der Waals surface area contributed by atoms with E-state index >= 15 is 0 Å². The summed E-state index contributed by atoms with van der Waals surface area (Å²) in [6.45, 7) is 3.71. The van der Waals surface area contributed by atoms with Gasteiger partial charge in [0, 0.05) is 70.4 Å². The molecule has 5 heterocycles. The summed E-state index contributed by atoms with van der Waals surface area (Å²) in [7, 11) is 0. The predicted molar refractivity (Wildman–Crippen MR) is 137 cm³/mol. The summed E-state index contributed by atoms with van der Waals surface area (Å²) in [5.74, 6) is -0.680. The topological polar surface area (TPSA) is 115 Å². The zero-order chi connectivity index (χ0) is 24.6. The Morgan fingerprint density at radius 1 is 0.917 bits per heavy atom. The van der Waals surface area contributed by atoms with Gasteiger partial charge in [-0.3, -0.25) is 15.1 Å². The van der Waals surface area contributed by atoms with Gasteiger partial charge in [-0.1, -0.05) is 6.92 Å². The summed E-state index contributed by atoms with van der Waals surface area (Å²) in [4.78, 5) is 16.8. The molecule has 5 aromatic heterocycles. The van der Waals surface area contributed by atoms with Crippen molar-refractivity contribution in [3.63, 3.8) is 0 Å². The number of phenolic OH excluding ortho intramolecular Hbond substituents is 1. The number of hydrogen-bond acceptors (Lipinski definition) is 6. The van der Waals surface area contributed by atoms with E-state index in [2.05, 4.69) is 48.4 Å². The standard InChI is InChI=1S/C27H22FN7O/c1-2-29-11-15-5-17(13-30-12-15)18-8-22-26(34-35-27(22)32-14-18)24-10-21-23(33-24)3-4-31-25(21)16-6-19(28)9-20(36)7-16/h3-10,12-14,29,33,36H,2,11H2,1H3,(H,32,34,35). The summed E-state index contributed by atoms with van der Waals surface area (Å²) in [5, 5.41) is 22.4. The molecule has 0 saturated heterocycles. The molecule has 0 radical (unpaired) electrons. The number of nitrogens with one attached hydrogen (secondary N) is 3. The molecule has 36 heavy (non-hydrogen) atoms. The van der Waals surface area contributed by atoms with E-state index in [4.69, 9.17) is 0 Å². The number of halogens is 1. The number of phenols is 1. The van der Waals surface area contributed by atoms with Crippen molar-refractivity contribution in [1.82, 2.24) is 35.5 Å². The highest BCUT2D eigenvalue weighted by Crippen LogP contribution is 2.34. The van der Waals surface area contributed by atoms with Crippen LogP contribution in [0, 0.1) is 5.82 Å². The van der Waals surface area contributed by atoms with Crippen molar-refractivity contribution < 1.29 is 9.50 Å². The van der Waals surface area contributed by atoms with Crippen molar-refractivity contribution >= 4 is 21.9 Å². The predicted octanol–water partition coefficient (Wildman–Crippen LogP) is 5.18. The van der Waals surface area contributed by atoms with Crippen molar-refractivity contribution in [2.75, 3.05) is 6.54 Å². The molecule has 0 aliphatic rings. The Morgan fingerprint density at radius 2 is 1.81 bits per heavy atom. The van der Waals surface area contributed by atoms with Crippen LogP contribution in [0.1, 0.15) is 12.5 Å². The zero-order valence-electron chi connectivity index (χ0n) is 19.4. The van der Waals surface area contributed by atoms with Gasteiger partial charge in [0.2, 0.25) is 0 Å². The summed E-state index contributed by atoms with van der Waals surface area (Å²) in [6, 6.07) is 11.8. The van der Waals surface area contributed by atoms with E-state index in [9.17, 15) is 9.50 Å². The van der Waals surface area contributed by atoms with Crippen LogP contribution in [0.4, 0.5) is 4.39 Å². The summed E-state index contributed by atoms with van der Waals surface area (Å²) in [6.07, 6.45) is 7.14. The average molecular weight is 480 g/mol. The third kappa shape index (κ3) is 3.95. The number of benzene rings is 1. The number of hydrogen-bond donors (Lipinski definition) is 4. The maximum absolute atomic E-state index is 14.0. The molecule has 0 fully saturated rings. The number of H-pyrrole nitrogens is 2. The lowest BCUT2D eigenvalue weighted by atomic mass is 10.1. The van der Waals surface area contributed by atoms with E-state index in [-0.39, 0.29) is 5.75 Å². The molecule has 0 amide bonds. The number of pyridine rings is 3. The van der Waals surface area contributed by atoms with Gasteiger partial charge in [-0.2, -0.15) is 5.10 Å². The fraction of sp³-hybridized carbons (Fsp3) is 0.111. The first-order chi connectivity index (χ1) is 17.6. The Bertz CT molecular complexity index is 1700. The van der Waals surface area contributed by atoms with E-state index in [1.54, 1.807) is 6.20 Å². The molecule has 4 N–H and O–H groups in total. The Hall–Kier alpha value is -4.63. The summed E-state index contributed by atoms with van der Waals surface area (Å²) < 4.78 is 14.0.